The van der Waals surface area contributed by atoms with Gasteiger partial charge in [-0.1, -0.05) is 0 Å². The number of amides is 1. The molecule has 2 aromatic heterocycles. The number of rotatable bonds is 3. The third-order valence-corrected chi connectivity index (χ3v) is 5.20. The van der Waals surface area contributed by atoms with E-state index in [0.29, 0.717) is 12.1 Å². The second kappa shape index (κ2) is 6.27. The van der Waals surface area contributed by atoms with Crippen LogP contribution in [0, 0.1) is 20.8 Å². The number of nitrogens with one attached hydrogen (secondary N) is 1. The minimum absolute atomic E-state index is 0.0554. The molecular formula is C15H22N6OS. The van der Waals surface area contributed by atoms with Gasteiger partial charge in [-0.25, -0.2) is 9.67 Å². The van der Waals surface area contributed by atoms with E-state index >= 15 is 0 Å². The van der Waals surface area contributed by atoms with Gasteiger partial charge in [0.2, 0.25) is 0 Å². The summed E-state index contributed by atoms with van der Waals surface area (Å²) in [6.07, 6.45) is 1.99. The van der Waals surface area contributed by atoms with Gasteiger partial charge in [-0.05, 0) is 45.1 Å². The van der Waals surface area contributed by atoms with Gasteiger partial charge in [0.15, 0.2) is 0 Å². The number of anilines is 1. The van der Waals surface area contributed by atoms with E-state index in [0.717, 1.165) is 41.7 Å². The van der Waals surface area contributed by atoms with Gasteiger partial charge in [-0.3, -0.25) is 4.79 Å². The number of carbonyl (C=O) groups excluding carboxylic acids is 1. The molecule has 23 heavy (non-hydrogen) atoms. The zero-order valence-corrected chi connectivity index (χ0v) is 14.8. The number of aryl methyl sites for hydroxylation is 3. The molecule has 1 saturated heterocycles. The Hall–Kier alpha value is -1.96. The quantitative estimate of drug-likeness (QED) is 0.931. The summed E-state index contributed by atoms with van der Waals surface area (Å²) < 4.78 is 6.27. The molecule has 8 heteroatoms. The van der Waals surface area contributed by atoms with Crippen LogP contribution in [0.15, 0.2) is 0 Å². The minimum Gasteiger partial charge on any atom is -0.378 e. The Bertz CT molecular complexity index is 722. The molecule has 1 fully saturated rings. The van der Waals surface area contributed by atoms with Crippen LogP contribution in [-0.2, 0) is 0 Å². The predicted molar refractivity (Wildman–Crippen MR) is 90.1 cm³/mol. The monoisotopic (exact) mass is 334 g/mol. The van der Waals surface area contributed by atoms with Crippen LogP contribution >= 0.6 is 11.5 Å². The number of hydrogen-bond acceptors (Lipinski definition) is 6. The molecule has 1 amide bonds. The molecule has 0 bridgehead atoms. The van der Waals surface area contributed by atoms with E-state index in [1.165, 1.54) is 11.5 Å². The fourth-order valence-electron chi connectivity index (χ4n) is 3.17. The molecule has 1 aliphatic heterocycles. The van der Waals surface area contributed by atoms with Crippen LogP contribution in [0.3, 0.4) is 0 Å². The molecule has 1 aliphatic rings. The standard InChI is InChI=1S/C15H22N6OS/c1-9-13(14(16-4)23-19-9)15(22)20-7-5-6-12(8-20)21-11(3)17-10(2)18-21/h12,16H,5-8H2,1-4H3/t12-/m1/s1. The molecule has 2 aromatic rings. The van der Waals surface area contributed by atoms with Crippen molar-refractivity contribution in [1.82, 2.24) is 24.0 Å². The number of hydrogen-bond donors (Lipinski definition) is 1. The normalized spacial score (nSPS) is 18.3. The maximum absolute atomic E-state index is 12.9. The van der Waals surface area contributed by atoms with E-state index in [2.05, 4.69) is 19.8 Å². The molecule has 124 valence electrons. The Morgan fingerprint density at radius 1 is 1.35 bits per heavy atom. The zero-order valence-electron chi connectivity index (χ0n) is 14.0. The lowest BCUT2D eigenvalue weighted by Crippen LogP contribution is -2.41. The van der Waals surface area contributed by atoms with E-state index in [9.17, 15) is 4.79 Å². The lowest BCUT2D eigenvalue weighted by molar-refractivity contribution is 0.0671. The van der Waals surface area contributed by atoms with Crippen molar-refractivity contribution in [3.05, 3.63) is 22.9 Å². The third kappa shape index (κ3) is 2.95. The number of likely N-dealkylation sites (tertiary alicyclic amines) is 1. The molecule has 0 aromatic carbocycles. The maximum atomic E-state index is 12.9. The molecule has 1 atom stereocenters. The van der Waals surface area contributed by atoms with Gasteiger partial charge in [0, 0.05) is 20.1 Å². The lowest BCUT2D eigenvalue weighted by Gasteiger charge is -2.33. The molecule has 3 rings (SSSR count). The van der Waals surface area contributed by atoms with Crippen molar-refractivity contribution in [1.29, 1.82) is 0 Å². The van der Waals surface area contributed by atoms with Gasteiger partial charge in [0.1, 0.15) is 16.6 Å². The number of piperidine rings is 1. The summed E-state index contributed by atoms with van der Waals surface area (Å²) >= 11 is 1.34. The number of aromatic nitrogens is 4. The van der Waals surface area contributed by atoms with Gasteiger partial charge >= 0.3 is 0 Å². The van der Waals surface area contributed by atoms with Crippen LogP contribution in [-0.4, -0.2) is 50.1 Å². The van der Waals surface area contributed by atoms with E-state index in [1.807, 2.05) is 37.4 Å². The van der Waals surface area contributed by atoms with Gasteiger partial charge in [-0.15, -0.1) is 0 Å². The first-order valence-electron chi connectivity index (χ1n) is 7.84. The van der Waals surface area contributed by atoms with Crippen molar-refractivity contribution in [2.45, 2.75) is 39.7 Å². The topological polar surface area (TPSA) is 75.9 Å². The fourth-order valence-corrected chi connectivity index (χ4v) is 3.91. The van der Waals surface area contributed by atoms with Crippen molar-refractivity contribution in [3.63, 3.8) is 0 Å². The van der Waals surface area contributed by atoms with Crippen LogP contribution in [0.5, 0.6) is 0 Å². The molecule has 0 unspecified atom stereocenters. The highest BCUT2D eigenvalue weighted by Gasteiger charge is 2.30. The van der Waals surface area contributed by atoms with Gasteiger partial charge in [-0.2, -0.15) is 9.47 Å². The summed E-state index contributed by atoms with van der Waals surface area (Å²) in [6.45, 7) is 7.19. The Kier molecular flexibility index (Phi) is 4.34. The Labute approximate surface area is 139 Å². The summed E-state index contributed by atoms with van der Waals surface area (Å²) in [5, 5.41) is 8.39. The second-order valence-electron chi connectivity index (χ2n) is 5.92. The Morgan fingerprint density at radius 3 is 2.78 bits per heavy atom. The van der Waals surface area contributed by atoms with Crippen LogP contribution in [0.1, 0.15) is 46.6 Å². The average Bonchev–Trinajstić information content (AvgIpc) is 3.08. The SMILES string of the molecule is CNc1snc(C)c1C(=O)N1CCC[C@@H](n2nc(C)nc2C)C1. The molecule has 0 saturated carbocycles. The average molecular weight is 334 g/mol. The summed E-state index contributed by atoms with van der Waals surface area (Å²) in [5.74, 6) is 1.74. The summed E-state index contributed by atoms with van der Waals surface area (Å²) in [4.78, 5) is 19.2. The van der Waals surface area contributed by atoms with Crippen LogP contribution < -0.4 is 5.32 Å². The number of carbonyl (C=O) groups is 1. The smallest absolute Gasteiger partial charge is 0.258 e. The van der Waals surface area contributed by atoms with Crippen molar-refractivity contribution >= 4 is 22.4 Å². The van der Waals surface area contributed by atoms with Crippen LogP contribution in [0.4, 0.5) is 5.00 Å². The first-order chi connectivity index (χ1) is 11.0. The van der Waals surface area contributed by atoms with E-state index in [1.54, 1.807) is 0 Å². The Balaban J connectivity index is 1.82. The predicted octanol–water partition coefficient (Wildman–Crippen LogP) is 2.18. The minimum atomic E-state index is 0.0554. The van der Waals surface area contributed by atoms with E-state index in [-0.39, 0.29) is 11.9 Å². The van der Waals surface area contributed by atoms with Crippen LogP contribution in [0.2, 0.25) is 0 Å². The lowest BCUT2D eigenvalue weighted by atomic mass is 10.0. The molecule has 1 N–H and O–H groups in total. The van der Waals surface area contributed by atoms with Crippen molar-refractivity contribution < 1.29 is 4.79 Å². The summed E-state index contributed by atoms with van der Waals surface area (Å²) in [7, 11) is 1.82. The molecular weight excluding hydrogens is 312 g/mol. The van der Waals surface area contributed by atoms with Crippen LogP contribution in [0.25, 0.3) is 0 Å². The van der Waals surface area contributed by atoms with Gasteiger partial charge in [0.05, 0.1) is 17.3 Å². The highest BCUT2D eigenvalue weighted by atomic mass is 32.1. The first-order valence-corrected chi connectivity index (χ1v) is 8.61. The second-order valence-corrected chi connectivity index (χ2v) is 6.69. The van der Waals surface area contributed by atoms with E-state index in [4.69, 9.17) is 0 Å². The highest BCUT2D eigenvalue weighted by Crippen LogP contribution is 2.28. The van der Waals surface area contributed by atoms with Crippen molar-refractivity contribution in [2.75, 3.05) is 25.5 Å². The molecule has 0 aliphatic carbocycles. The van der Waals surface area contributed by atoms with Crippen molar-refractivity contribution in [3.8, 4) is 0 Å². The largest absolute Gasteiger partial charge is 0.378 e. The van der Waals surface area contributed by atoms with E-state index < -0.39 is 0 Å². The molecule has 3 heterocycles. The zero-order chi connectivity index (χ0) is 16.6. The maximum Gasteiger partial charge on any atom is 0.258 e. The van der Waals surface area contributed by atoms with Crippen molar-refractivity contribution in [2.24, 2.45) is 0 Å². The fraction of sp³-hybridized carbons (Fsp3) is 0.600. The van der Waals surface area contributed by atoms with Gasteiger partial charge < -0.3 is 10.2 Å². The number of nitrogens with zero attached hydrogens (tertiary/aromatic N) is 5. The highest BCUT2D eigenvalue weighted by molar-refractivity contribution is 7.10. The summed E-state index contributed by atoms with van der Waals surface area (Å²) in [5.41, 5.74) is 1.49. The molecule has 7 nitrogen and oxygen atoms in total. The third-order valence-electron chi connectivity index (χ3n) is 4.24. The molecule has 0 radical (unpaired) electrons. The first kappa shape index (κ1) is 15.9. The molecule has 0 spiro atoms. The Morgan fingerprint density at radius 2 is 2.13 bits per heavy atom. The van der Waals surface area contributed by atoms with Gasteiger partial charge in [0.25, 0.3) is 5.91 Å². The summed E-state index contributed by atoms with van der Waals surface area (Å²) in [6, 6.07) is 0.193.